The Labute approximate surface area is 350 Å². The number of carbonyl (C=O) groups is 7. The van der Waals surface area contributed by atoms with Crippen molar-refractivity contribution in [1.29, 1.82) is 0 Å². The number of nitrogens with zero attached hydrogens (tertiary/aromatic N) is 4. The zero-order valence-corrected chi connectivity index (χ0v) is 33.6. The quantitative estimate of drug-likeness (QED) is 0.0956. The maximum Gasteiger partial charge on any atom is 0.272 e. The number of H-pyrrole nitrogens is 1. The van der Waals surface area contributed by atoms with E-state index in [1.807, 2.05) is 6.07 Å². The second-order valence-electron chi connectivity index (χ2n) is 15.4. The molecule has 4 N–H and O–H groups in total. The number of halogens is 1. The van der Waals surface area contributed by atoms with Crippen molar-refractivity contribution in [3.05, 3.63) is 105 Å². The molecule has 2 fully saturated rings. The maximum absolute atomic E-state index is 14.9. The van der Waals surface area contributed by atoms with Crippen LogP contribution in [0.2, 0.25) is 0 Å². The summed E-state index contributed by atoms with van der Waals surface area (Å²) in [6, 6.07) is 15.2. The van der Waals surface area contributed by atoms with E-state index in [0.717, 1.165) is 24.2 Å². The summed E-state index contributed by atoms with van der Waals surface area (Å²) in [5, 5.41) is 16.0. The first-order valence-corrected chi connectivity index (χ1v) is 20.7. The first-order chi connectivity index (χ1) is 29.5. The third kappa shape index (κ3) is 9.66. The molecule has 3 aliphatic heterocycles. The number of carbonyl (C=O) groups excluding carboxylic acids is 7. The number of imide groups is 2. The number of piperidine rings is 1. The third-order valence-corrected chi connectivity index (χ3v) is 11.4. The normalized spacial score (nSPS) is 16.5. The van der Waals surface area contributed by atoms with Gasteiger partial charge in [0.1, 0.15) is 11.9 Å². The highest BCUT2D eigenvalue weighted by molar-refractivity contribution is 6.25. The van der Waals surface area contributed by atoms with Gasteiger partial charge in [-0.15, -0.1) is 0 Å². The van der Waals surface area contributed by atoms with Gasteiger partial charge in [0.25, 0.3) is 23.3 Å². The van der Waals surface area contributed by atoms with Gasteiger partial charge in [-0.05, 0) is 55.2 Å². The van der Waals surface area contributed by atoms with Crippen molar-refractivity contribution in [1.82, 2.24) is 35.5 Å². The van der Waals surface area contributed by atoms with Crippen molar-refractivity contribution in [3.8, 4) is 0 Å². The molecule has 17 heteroatoms. The van der Waals surface area contributed by atoms with E-state index in [-0.39, 0.29) is 53.5 Å². The summed E-state index contributed by atoms with van der Waals surface area (Å²) in [4.78, 5) is 105. The first kappa shape index (κ1) is 42.3. The average molecular weight is 835 g/mol. The third-order valence-electron chi connectivity index (χ3n) is 11.4. The molecule has 4 aromatic rings. The number of benzene rings is 3. The summed E-state index contributed by atoms with van der Waals surface area (Å²) in [6.07, 6.45) is 5.03. The maximum atomic E-state index is 14.9. The second-order valence-corrected chi connectivity index (χ2v) is 15.4. The summed E-state index contributed by atoms with van der Waals surface area (Å²) < 4.78 is 14.9. The van der Waals surface area contributed by atoms with Crippen LogP contribution < -0.4 is 21.5 Å². The van der Waals surface area contributed by atoms with E-state index < -0.39 is 41.4 Å². The second kappa shape index (κ2) is 19.1. The number of fused-ring (bicyclic) bond motifs is 2. The van der Waals surface area contributed by atoms with E-state index in [0.29, 0.717) is 92.5 Å². The lowest BCUT2D eigenvalue weighted by molar-refractivity contribution is -0.136. The fourth-order valence-corrected chi connectivity index (χ4v) is 8.08. The first-order valence-electron chi connectivity index (χ1n) is 20.7. The predicted octanol–water partition coefficient (Wildman–Crippen LogP) is 3.30. The molecule has 1 unspecified atom stereocenters. The Balaban J connectivity index is 0.759. The Bertz CT molecular complexity index is 2450. The number of amides is 7. The number of aromatic nitrogens is 2. The number of piperazine rings is 1. The van der Waals surface area contributed by atoms with Crippen LogP contribution in [0.4, 0.5) is 10.1 Å². The summed E-state index contributed by atoms with van der Waals surface area (Å²) in [6.45, 7) is 1.88. The fraction of sp³-hybridized carbons (Fsp3) is 0.386. The lowest BCUT2D eigenvalue weighted by Crippen LogP contribution is -2.54. The summed E-state index contributed by atoms with van der Waals surface area (Å²) in [5.74, 6) is -3.49. The van der Waals surface area contributed by atoms with Gasteiger partial charge in [0.15, 0.2) is 0 Å². The van der Waals surface area contributed by atoms with Crippen LogP contribution in [0.3, 0.4) is 0 Å². The van der Waals surface area contributed by atoms with Gasteiger partial charge in [-0.3, -0.25) is 48.6 Å². The van der Waals surface area contributed by atoms with Crippen LogP contribution in [0, 0.1) is 5.82 Å². The molecule has 2 saturated heterocycles. The van der Waals surface area contributed by atoms with Gasteiger partial charge in [-0.1, -0.05) is 49.6 Å². The number of rotatable bonds is 16. The number of nitrogens with one attached hydrogen (secondary N) is 4. The van der Waals surface area contributed by atoms with E-state index in [1.54, 1.807) is 46.2 Å². The Hall–Kier alpha value is -6.78. The molecule has 4 heterocycles. The molecule has 0 aliphatic carbocycles. The predicted molar refractivity (Wildman–Crippen MR) is 221 cm³/mol. The van der Waals surface area contributed by atoms with Crippen LogP contribution in [-0.2, 0) is 25.6 Å². The Morgan fingerprint density at radius 3 is 2.28 bits per heavy atom. The van der Waals surface area contributed by atoms with E-state index in [2.05, 4.69) is 26.1 Å². The minimum absolute atomic E-state index is 0.0111. The van der Waals surface area contributed by atoms with Crippen molar-refractivity contribution in [2.45, 2.75) is 70.3 Å². The van der Waals surface area contributed by atoms with Crippen LogP contribution in [0.1, 0.15) is 100 Å². The molecular weight excluding hydrogens is 788 g/mol. The van der Waals surface area contributed by atoms with Gasteiger partial charge in [-0.2, -0.15) is 5.10 Å². The SMILES string of the molecule is O=C(CCCCCCCC(=O)N1CCN(C(=O)c2cc(Cc3n[nH]c(=O)c4ccccc34)ccc2F)CC1)NCCNc1cccc2c1C(=O)N(C1CCC(=O)NC1=O)C2=O. The van der Waals surface area contributed by atoms with Gasteiger partial charge in [0.2, 0.25) is 23.6 Å². The zero-order chi connectivity index (χ0) is 43.0. The molecule has 16 nitrogen and oxygen atoms in total. The van der Waals surface area contributed by atoms with E-state index >= 15 is 0 Å². The molecule has 61 heavy (non-hydrogen) atoms. The summed E-state index contributed by atoms with van der Waals surface area (Å²) in [5.41, 5.74) is 1.68. The summed E-state index contributed by atoms with van der Waals surface area (Å²) >= 11 is 0. The van der Waals surface area contributed by atoms with Gasteiger partial charge in [0.05, 0.1) is 27.8 Å². The topological polar surface area (TPSA) is 211 Å². The van der Waals surface area contributed by atoms with Gasteiger partial charge in [-0.25, -0.2) is 9.49 Å². The largest absolute Gasteiger partial charge is 0.383 e. The van der Waals surface area contributed by atoms with Gasteiger partial charge < -0.3 is 20.4 Å². The van der Waals surface area contributed by atoms with Crippen molar-refractivity contribution in [2.75, 3.05) is 44.6 Å². The monoisotopic (exact) mass is 834 g/mol. The Morgan fingerprint density at radius 1 is 0.787 bits per heavy atom. The fourth-order valence-electron chi connectivity index (χ4n) is 8.08. The molecule has 0 radical (unpaired) electrons. The lowest BCUT2D eigenvalue weighted by atomic mass is 10.0. The molecule has 0 bridgehead atoms. The number of anilines is 1. The molecule has 1 atom stereocenters. The number of hydrogen-bond acceptors (Lipinski definition) is 10. The average Bonchev–Trinajstić information content (AvgIpc) is 3.52. The molecule has 1 aromatic heterocycles. The van der Waals surface area contributed by atoms with Crippen LogP contribution in [0.5, 0.6) is 0 Å². The standard InChI is InChI=1S/C44H47FN8O8/c45-32-16-15-27(26-34-28-9-6-7-10-29(28)40(57)50-49-34)25-31(32)42(59)52-23-21-51(22-24-52)38(56)14-5-3-1-2-4-13-36(54)47-20-19-46-33-12-8-11-30-39(33)44(61)53(43(30)60)35-17-18-37(55)48-41(35)58/h6-12,15-16,25,35,46H,1-5,13-14,17-24,26H2,(H,47,54)(H,50,57)(H,48,55,58). The smallest absolute Gasteiger partial charge is 0.272 e. The highest BCUT2D eigenvalue weighted by Crippen LogP contribution is 2.32. The van der Waals surface area contributed by atoms with Crippen molar-refractivity contribution >= 4 is 57.8 Å². The molecule has 7 rings (SSSR count). The van der Waals surface area contributed by atoms with Crippen LogP contribution in [-0.4, -0.2) is 112 Å². The highest BCUT2D eigenvalue weighted by Gasteiger charge is 2.45. The Kier molecular flexibility index (Phi) is 13.2. The van der Waals surface area contributed by atoms with Gasteiger partial charge >= 0.3 is 0 Å². The molecule has 0 saturated carbocycles. The molecular formula is C44H47FN8O8. The molecule has 3 aliphatic rings. The van der Waals surface area contributed by atoms with Crippen molar-refractivity contribution in [2.24, 2.45) is 0 Å². The molecule has 7 amide bonds. The summed E-state index contributed by atoms with van der Waals surface area (Å²) in [7, 11) is 0. The van der Waals surface area contributed by atoms with Gasteiger partial charge in [0, 0.05) is 76.0 Å². The van der Waals surface area contributed by atoms with Crippen LogP contribution in [0.25, 0.3) is 10.8 Å². The Morgan fingerprint density at radius 2 is 1.51 bits per heavy atom. The zero-order valence-electron chi connectivity index (χ0n) is 33.6. The van der Waals surface area contributed by atoms with E-state index in [9.17, 15) is 42.7 Å². The van der Waals surface area contributed by atoms with Crippen molar-refractivity contribution in [3.63, 3.8) is 0 Å². The van der Waals surface area contributed by atoms with E-state index in [4.69, 9.17) is 0 Å². The molecule has 0 spiro atoms. The van der Waals surface area contributed by atoms with Crippen molar-refractivity contribution < 1.29 is 38.0 Å². The number of unbranched alkanes of at least 4 members (excludes halogenated alkanes) is 4. The highest BCUT2D eigenvalue weighted by atomic mass is 19.1. The lowest BCUT2D eigenvalue weighted by Gasteiger charge is -2.35. The number of hydrogen-bond donors (Lipinski definition) is 4. The molecule has 318 valence electrons. The number of aromatic amines is 1. The minimum atomic E-state index is -1.05. The molecule has 3 aromatic carbocycles. The van der Waals surface area contributed by atoms with Crippen LogP contribution >= 0.6 is 0 Å². The van der Waals surface area contributed by atoms with Crippen LogP contribution in [0.15, 0.2) is 65.5 Å². The van der Waals surface area contributed by atoms with E-state index in [1.165, 1.54) is 18.2 Å². The minimum Gasteiger partial charge on any atom is -0.383 e.